The maximum Gasteiger partial charge on any atom is 0.353 e. The highest BCUT2D eigenvalue weighted by molar-refractivity contribution is 8.03. The molecule has 1 aromatic rings. The van der Waals surface area contributed by atoms with Crippen LogP contribution in [0.15, 0.2) is 16.9 Å². The minimum atomic E-state index is -1.16. The van der Waals surface area contributed by atoms with Crippen LogP contribution < -0.4 is 11.1 Å². The number of aliphatic hydroxyl groups excluding tert-OH is 1. The van der Waals surface area contributed by atoms with Gasteiger partial charge in [-0.1, -0.05) is 13.8 Å². The predicted molar refractivity (Wildman–Crippen MR) is 133 cm³/mol. The first-order valence-corrected chi connectivity index (χ1v) is 13.6. The summed E-state index contributed by atoms with van der Waals surface area (Å²) in [5, 5.41) is 33.8. The molecule has 0 spiro atoms. The van der Waals surface area contributed by atoms with Gasteiger partial charge in [-0.05, 0) is 22.8 Å². The molecule has 5 N–H and O–H groups in total. The lowest BCUT2D eigenvalue weighted by Crippen LogP contribution is -2.62. The van der Waals surface area contributed by atoms with Crippen LogP contribution in [0, 0.1) is 17.8 Å². The number of fused-ring (bicyclic) bond motifs is 1. The van der Waals surface area contributed by atoms with Gasteiger partial charge in [0.2, 0.25) is 11.8 Å². The molecule has 0 saturated carbocycles. The van der Waals surface area contributed by atoms with Gasteiger partial charge in [-0.2, -0.15) is 0 Å². The number of carbonyl (C=O) groups excluding carboxylic acids is 3. The fourth-order valence-corrected chi connectivity index (χ4v) is 7.60. The number of tetrazole rings is 1. The number of thioether (sulfide) groups is 1. The summed E-state index contributed by atoms with van der Waals surface area (Å²) in [6, 6.07) is -1.22. The van der Waals surface area contributed by atoms with E-state index in [-0.39, 0.29) is 65.9 Å². The SMILES string of the molecule is C[C@@H](CC(=O)Cn1cnnn1)[C@H]1C(=O)N2C(C(=O)O)=C(S[C@@H]3CN[C@H](C(=O)N4C[C@@H](N)[C@@H](O)C4)C3)[C@H](C)[C@H]12. The number of β-lactam (4-membered cyclic amide) rings is 1. The highest BCUT2D eigenvalue weighted by atomic mass is 32.2. The van der Waals surface area contributed by atoms with E-state index in [0.717, 1.165) is 0 Å². The lowest BCUT2D eigenvalue weighted by molar-refractivity contribution is -0.160. The smallest absolute Gasteiger partial charge is 0.353 e. The van der Waals surface area contributed by atoms with Gasteiger partial charge in [0, 0.05) is 48.2 Å². The van der Waals surface area contributed by atoms with Crippen LogP contribution in [0.5, 0.6) is 0 Å². The van der Waals surface area contributed by atoms with Gasteiger partial charge in [0.15, 0.2) is 5.78 Å². The Morgan fingerprint density at radius 1 is 1.32 bits per heavy atom. The lowest BCUT2D eigenvalue weighted by atomic mass is 9.73. The Hall–Kier alpha value is -2.88. The molecule has 0 radical (unpaired) electrons. The number of amides is 2. The molecule has 0 aromatic carbocycles. The third kappa shape index (κ3) is 4.72. The number of aliphatic hydroxyl groups is 1. The number of nitrogens with two attached hydrogens (primary N) is 1. The first-order valence-electron chi connectivity index (χ1n) is 12.7. The molecule has 3 saturated heterocycles. The van der Waals surface area contributed by atoms with Crippen LogP contribution >= 0.6 is 11.8 Å². The monoisotopic (exact) mass is 548 g/mol. The quantitative estimate of drug-likeness (QED) is 0.249. The summed E-state index contributed by atoms with van der Waals surface area (Å²) in [4.78, 5) is 54.4. The number of carboxylic acids is 1. The number of ketones is 1. The average molecular weight is 549 g/mol. The van der Waals surface area contributed by atoms with Crippen molar-refractivity contribution in [2.45, 2.75) is 62.7 Å². The first kappa shape index (κ1) is 26.7. The summed E-state index contributed by atoms with van der Waals surface area (Å²) in [6.45, 7) is 4.79. The van der Waals surface area contributed by atoms with Crippen molar-refractivity contribution in [2.24, 2.45) is 23.5 Å². The van der Waals surface area contributed by atoms with Crippen molar-refractivity contribution in [1.29, 1.82) is 0 Å². The van der Waals surface area contributed by atoms with Crippen molar-refractivity contribution < 1.29 is 29.4 Å². The van der Waals surface area contributed by atoms with Gasteiger partial charge >= 0.3 is 5.97 Å². The third-order valence-electron chi connectivity index (χ3n) is 8.01. The van der Waals surface area contributed by atoms with Gasteiger partial charge in [-0.15, -0.1) is 16.9 Å². The zero-order valence-electron chi connectivity index (χ0n) is 21.1. The molecule has 0 bridgehead atoms. The number of likely N-dealkylation sites (tertiary alicyclic amines) is 1. The Labute approximate surface area is 222 Å². The normalized spacial score (nSPS) is 33.5. The van der Waals surface area contributed by atoms with Crippen LogP contribution in [0.25, 0.3) is 0 Å². The molecule has 3 fully saturated rings. The molecule has 4 aliphatic rings. The van der Waals surface area contributed by atoms with Crippen LogP contribution in [0.1, 0.15) is 26.7 Å². The first-order chi connectivity index (χ1) is 18.1. The number of β-amino-alcohol motifs (C(OH)–C–C–N with tert-alkyl or cyclic N) is 1. The molecule has 5 rings (SSSR count). The Balaban J connectivity index is 1.23. The molecule has 8 atom stereocenters. The van der Waals surface area contributed by atoms with Gasteiger partial charge in [0.05, 0.1) is 24.1 Å². The van der Waals surface area contributed by atoms with Gasteiger partial charge < -0.3 is 31.1 Å². The highest BCUT2D eigenvalue weighted by Gasteiger charge is 2.60. The molecule has 14 nitrogen and oxygen atoms in total. The molecule has 1 aromatic heterocycles. The molecule has 2 amide bonds. The molecular formula is C23H32N8O6S. The fraction of sp³-hybridized carbons (Fsp3) is 0.696. The van der Waals surface area contributed by atoms with Crippen molar-refractivity contribution in [1.82, 2.24) is 35.3 Å². The highest BCUT2D eigenvalue weighted by Crippen LogP contribution is 2.53. The second-order valence-electron chi connectivity index (χ2n) is 10.7. The summed E-state index contributed by atoms with van der Waals surface area (Å²) in [6.07, 6.45) is 1.27. The maximum absolute atomic E-state index is 13.1. The van der Waals surface area contributed by atoms with Crippen LogP contribution in [0.4, 0.5) is 0 Å². The van der Waals surface area contributed by atoms with E-state index in [0.29, 0.717) is 24.4 Å². The number of carbonyl (C=O) groups is 4. The number of hydrogen-bond donors (Lipinski definition) is 4. The van der Waals surface area contributed by atoms with Crippen molar-refractivity contribution in [3.05, 3.63) is 16.9 Å². The Bertz CT molecular complexity index is 1150. The standard InChI is InChI=1S/C23H32N8O6S/c1-10(3-12(32)6-30-9-26-27-28-30)17-18-11(2)20(19(23(36)37)31(18)22(17)35)38-13-4-15(25-5-13)21(34)29-7-14(24)16(33)8-29/h9-11,13-18,25,33H,3-8,24H2,1-2H3,(H,36,37)/t10-,11+,13-,14+,15-,16-,17+,18+/m0/s1. The van der Waals surface area contributed by atoms with E-state index in [9.17, 15) is 29.4 Å². The van der Waals surface area contributed by atoms with Crippen molar-refractivity contribution >= 4 is 35.3 Å². The number of nitrogens with zero attached hydrogens (tertiary/aromatic N) is 6. The largest absolute Gasteiger partial charge is 0.477 e. The zero-order chi connectivity index (χ0) is 27.3. The third-order valence-corrected chi connectivity index (χ3v) is 9.52. The van der Waals surface area contributed by atoms with E-state index in [2.05, 4.69) is 20.8 Å². The Morgan fingerprint density at radius 3 is 2.71 bits per heavy atom. The average Bonchev–Trinajstić information content (AvgIpc) is 3.63. The molecule has 38 heavy (non-hydrogen) atoms. The van der Waals surface area contributed by atoms with Crippen LogP contribution in [-0.4, -0.2) is 113 Å². The molecule has 15 heteroatoms. The second-order valence-corrected chi connectivity index (χ2v) is 12.0. The van der Waals surface area contributed by atoms with E-state index in [1.54, 1.807) is 4.90 Å². The van der Waals surface area contributed by atoms with Gasteiger partial charge in [-0.25, -0.2) is 9.48 Å². The van der Waals surface area contributed by atoms with E-state index in [1.807, 2.05) is 13.8 Å². The van der Waals surface area contributed by atoms with Crippen LogP contribution in [0.2, 0.25) is 0 Å². The number of rotatable bonds is 9. The van der Waals surface area contributed by atoms with Crippen molar-refractivity contribution in [3.63, 3.8) is 0 Å². The number of aromatic nitrogens is 4. The van der Waals surface area contributed by atoms with E-state index < -0.39 is 30.1 Å². The van der Waals surface area contributed by atoms with Crippen LogP contribution in [-0.2, 0) is 25.7 Å². The second kappa shape index (κ2) is 10.4. The number of aliphatic carboxylic acids is 1. The molecule has 206 valence electrons. The van der Waals surface area contributed by atoms with E-state index in [1.165, 1.54) is 27.7 Å². The molecule has 0 unspecified atom stereocenters. The number of carboxylic acid groups (broad SMARTS) is 1. The molecule has 5 heterocycles. The Morgan fingerprint density at radius 2 is 2.08 bits per heavy atom. The van der Waals surface area contributed by atoms with E-state index >= 15 is 0 Å². The maximum atomic E-state index is 13.1. The molecule has 4 aliphatic heterocycles. The van der Waals surface area contributed by atoms with Gasteiger partial charge in [-0.3, -0.25) is 14.4 Å². The molecule has 0 aliphatic carbocycles. The van der Waals surface area contributed by atoms with Crippen molar-refractivity contribution in [2.75, 3.05) is 19.6 Å². The number of hydrogen-bond acceptors (Lipinski definition) is 11. The molecular weight excluding hydrogens is 516 g/mol. The fourth-order valence-electron chi connectivity index (χ4n) is 6.12. The summed E-state index contributed by atoms with van der Waals surface area (Å²) in [5.41, 5.74) is 5.85. The minimum absolute atomic E-state index is 0.00406. The minimum Gasteiger partial charge on any atom is -0.477 e. The number of Topliss-reactive ketones (excluding diaryl/α,β-unsaturated/α-hetero) is 1. The predicted octanol–water partition coefficient (Wildman–Crippen LogP) is -1.96. The van der Waals surface area contributed by atoms with Gasteiger partial charge in [0.25, 0.3) is 0 Å². The zero-order valence-corrected chi connectivity index (χ0v) is 22.0. The van der Waals surface area contributed by atoms with Crippen molar-refractivity contribution in [3.8, 4) is 0 Å². The van der Waals surface area contributed by atoms with Crippen LogP contribution in [0.3, 0.4) is 0 Å². The summed E-state index contributed by atoms with van der Waals surface area (Å²) >= 11 is 1.41. The van der Waals surface area contributed by atoms with Gasteiger partial charge in [0.1, 0.15) is 18.6 Å². The summed E-state index contributed by atoms with van der Waals surface area (Å²) < 4.78 is 1.33. The lowest BCUT2D eigenvalue weighted by Gasteiger charge is -2.47. The Kier molecular flexibility index (Phi) is 7.28. The number of nitrogens with one attached hydrogen (secondary N) is 1. The van der Waals surface area contributed by atoms with E-state index in [4.69, 9.17) is 5.73 Å². The summed E-state index contributed by atoms with van der Waals surface area (Å²) in [5.74, 6) is -2.61. The topological polar surface area (TPSA) is 197 Å². The summed E-state index contributed by atoms with van der Waals surface area (Å²) in [7, 11) is 0.